The van der Waals surface area contributed by atoms with E-state index in [1.165, 1.54) is 47.2 Å². The first-order chi connectivity index (χ1) is 16.7. The summed E-state index contributed by atoms with van der Waals surface area (Å²) in [4.78, 5) is 17.7. The molecule has 0 aliphatic rings. The number of alkyl halides is 3. The highest BCUT2D eigenvalue weighted by atomic mass is 32.1. The number of benzene rings is 2. The largest absolute Gasteiger partial charge is 0.457 e. The summed E-state index contributed by atoms with van der Waals surface area (Å²) in [7, 11) is 0. The molecule has 0 radical (unpaired) electrons. The van der Waals surface area contributed by atoms with Crippen molar-refractivity contribution in [3.05, 3.63) is 99.8 Å². The second kappa shape index (κ2) is 9.99. The Kier molecular flexibility index (Phi) is 6.85. The zero-order valence-corrected chi connectivity index (χ0v) is 19.2. The molecule has 0 spiro atoms. The molecule has 1 N–H and O–H groups in total. The fraction of sp³-hybridized carbons (Fsp3) is 0.115. The third-order valence-electron chi connectivity index (χ3n) is 5.03. The number of nitrogens with one attached hydrogen (secondary N) is 1. The van der Waals surface area contributed by atoms with E-state index in [1.807, 2.05) is 37.3 Å². The average Bonchev–Trinajstić information content (AvgIpc) is 3.48. The number of hydrogen-bond donors (Lipinski definition) is 1. The summed E-state index contributed by atoms with van der Waals surface area (Å²) in [6.07, 6.45) is -0.913. The van der Waals surface area contributed by atoms with E-state index in [2.05, 4.69) is 10.3 Å². The lowest BCUT2D eigenvalue weighted by atomic mass is 10.1. The monoisotopic (exact) mass is 493 g/mol. The van der Waals surface area contributed by atoms with Gasteiger partial charge < -0.3 is 4.42 Å². The lowest BCUT2D eigenvalue weighted by Crippen LogP contribution is -2.13. The van der Waals surface area contributed by atoms with Gasteiger partial charge in [0.1, 0.15) is 23.2 Å². The van der Waals surface area contributed by atoms with Gasteiger partial charge in [0, 0.05) is 29.1 Å². The summed E-state index contributed by atoms with van der Waals surface area (Å²) in [5.74, 6) is -0.329. The molecule has 2 aromatic heterocycles. The third kappa shape index (κ3) is 6.05. The predicted molar refractivity (Wildman–Crippen MR) is 127 cm³/mol. The van der Waals surface area contributed by atoms with Crippen molar-refractivity contribution in [2.24, 2.45) is 0 Å². The number of anilines is 1. The second-order valence-electron chi connectivity index (χ2n) is 7.70. The van der Waals surface area contributed by atoms with Crippen LogP contribution in [0.4, 0.5) is 18.3 Å². The molecule has 0 aliphatic carbocycles. The van der Waals surface area contributed by atoms with Crippen molar-refractivity contribution >= 4 is 28.5 Å². The second-order valence-corrected chi connectivity index (χ2v) is 8.81. The number of furan rings is 1. The number of thiazole rings is 1. The van der Waals surface area contributed by atoms with Crippen LogP contribution in [0, 0.1) is 18.3 Å². The van der Waals surface area contributed by atoms with Gasteiger partial charge in [0.2, 0.25) is 0 Å². The lowest BCUT2D eigenvalue weighted by Gasteiger charge is -2.07. The normalized spacial score (nSPS) is 11.8. The molecule has 0 atom stereocenters. The van der Waals surface area contributed by atoms with Gasteiger partial charge in [-0.25, -0.2) is 4.98 Å². The molecule has 2 heterocycles. The van der Waals surface area contributed by atoms with Gasteiger partial charge >= 0.3 is 6.18 Å². The molecular formula is C26H18F3N3O2S. The number of nitrogens with zero attached hydrogens (tertiary/aromatic N) is 2. The van der Waals surface area contributed by atoms with Gasteiger partial charge in [0.05, 0.1) is 5.56 Å². The van der Waals surface area contributed by atoms with E-state index in [-0.39, 0.29) is 22.7 Å². The van der Waals surface area contributed by atoms with Gasteiger partial charge in [-0.1, -0.05) is 42.0 Å². The van der Waals surface area contributed by atoms with Crippen molar-refractivity contribution in [2.75, 3.05) is 5.32 Å². The van der Waals surface area contributed by atoms with Crippen LogP contribution in [0.3, 0.4) is 0 Å². The number of nitriles is 1. The first-order valence-corrected chi connectivity index (χ1v) is 11.2. The molecule has 1 amide bonds. The van der Waals surface area contributed by atoms with Gasteiger partial charge in [0.15, 0.2) is 5.13 Å². The molecule has 5 nitrogen and oxygen atoms in total. The third-order valence-corrected chi connectivity index (χ3v) is 5.94. The first kappa shape index (κ1) is 24.0. The van der Waals surface area contributed by atoms with Crippen molar-refractivity contribution in [1.29, 1.82) is 5.26 Å². The minimum Gasteiger partial charge on any atom is -0.457 e. The Bertz CT molecular complexity index is 1430. The molecular weight excluding hydrogens is 475 g/mol. The van der Waals surface area contributed by atoms with Crippen molar-refractivity contribution < 1.29 is 22.4 Å². The minimum atomic E-state index is -4.48. The van der Waals surface area contributed by atoms with Crippen molar-refractivity contribution in [1.82, 2.24) is 4.98 Å². The zero-order valence-electron chi connectivity index (χ0n) is 18.4. The smallest absolute Gasteiger partial charge is 0.416 e. The summed E-state index contributed by atoms with van der Waals surface area (Å²) in [5.41, 5.74) is 1.48. The van der Waals surface area contributed by atoms with E-state index in [0.717, 1.165) is 22.6 Å². The molecule has 2 aromatic carbocycles. The molecule has 4 aromatic rings. The number of hydrogen-bond acceptors (Lipinski definition) is 5. The van der Waals surface area contributed by atoms with Crippen LogP contribution in [-0.2, 0) is 17.4 Å². The SMILES string of the molecule is Cc1ccc(Cc2cnc(NC(=O)C(C#N)=Cc3ccc(-c4cccc(C(F)(F)F)c4)o3)s2)cc1. The molecule has 0 fully saturated rings. The molecule has 0 saturated heterocycles. The van der Waals surface area contributed by atoms with Crippen LogP contribution >= 0.6 is 11.3 Å². The van der Waals surface area contributed by atoms with E-state index in [1.54, 1.807) is 6.20 Å². The Hall–Kier alpha value is -4.16. The van der Waals surface area contributed by atoms with E-state index in [9.17, 15) is 23.2 Å². The molecule has 0 saturated carbocycles. The van der Waals surface area contributed by atoms with Crippen molar-refractivity contribution in [2.45, 2.75) is 19.5 Å². The Balaban J connectivity index is 1.46. The topological polar surface area (TPSA) is 78.9 Å². The van der Waals surface area contributed by atoms with E-state index in [0.29, 0.717) is 11.6 Å². The number of carbonyl (C=O) groups excluding carboxylic acids is 1. The number of carbonyl (C=O) groups is 1. The number of halogens is 3. The minimum absolute atomic E-state index is 0.156. The van der Waals surface area contributed by atoms with Crippen molar-refractivity contribution in [3.63, 3.8) is 0 Å². The summed E-state index contributed by atoms with van der Waals surface area (Å²) < 4.78 is 44.5. The van der Waals surface area contributed by atoms with Crippen molar-refractivity contribution in [3.8, 4) is 17.4 Å². The molecule has 0 unspecified atom stereocenters. The molecule has 4 rings (SSSR count). The maximum atomic E-state index is 13.0. The number of aryl methyl sites for hydroxylation is 1. The first-order valence-electron chi connectivity index (χ1n) is 10.4. The van der Waals surface area contributed by atoms with Gasteiger partial charge in [-0.05, 0) is 36.8 Å². The van der Waals surface area contributed by atoms with Crippen LogP contribution in [0.2, 0.25) is 0 Å². The zero-order chi connectivity index (χ0) is 25.0. The number of aromatic nitrogens is 1. The molecule has 0 bridgehead atoms. The predicted octanol–water partition coefficient (Wildman–Crippen LogP) is 6.87. The Morgan fingerprint density at radius 1 is 1.17 bits per heavy atom. The number of amides is 1. The molecule has 0 aliphatic heterocycles. The highest BCUT2D eigenvalue weighted by Crippen LogP contribution is 2.33. The van der Waals surface area contributed by atoms with Gasteiger partial charge in [-0.15, -0.1) is 11.3 Å². The fourth-order valence-corrected chi connectivity index (χ4v) is 4.09. The Morgan fingerprint density at radius 2 is 1.94 bits per heavy atom. The Morgan fingerprint density at radius 3 is 2.66 bits per heavy atom. The molecule has 35 heavy (non-hydrogen) atoms. The van der Waals surface area contributed by atoms with Crippen LogP contribution in [0.5, 0.6) is 0 Å². The van der Waals surface area contributed by atoms with Crippen LogP contribution in [0.25, 0.3) is 17.4 Å². The molecule has 9 heteroatoms. The number of rotatable bonds is 6. The average molecular weight is 494 g/mol. The van der Waals surface area contributed by atoms with Gasteiger partial charge in [-0.3, -0.25) is 10.1 Å². The van der Waals surface area contributed by atoms with Crippen LogP contribution in [0.1, 0.15) is 27.3 Å². The van der Waals surface area contributed by atoms with Crippen LogP contribution < -0.4 is 5.32 Å². The van der Waals surface area contributed by atoms with E-state index >= 15 is 0 Å². The Labute approximate surface area is 203 Å². The fourth-order valence-electron chi connectivity index (χ4n) is 3.24. The van der Waals surface area contributed by atoms with E-state index in [4.69, 9.17) is 4.42 Å². The van der Waals surface area contributed by atoms with Gasteiger partial charge in [0.25, 0.3) is 5.91 Å². The summed E-state index contributed by atoms with van der Waals surface area (Å²) in [6.45, 7) is 2.01. The lowest BCUT2D eigenvalue weighted by molar-refractivity contribution is -0.137. The maximum Gasteiger partial charge on any atom is 0.416 e. The van der Waals surface area contributed by atoms with E-state index < -0.39 is 17.6 Å². The maximum absolute atomic E-state index is 13.0. The standard InChI is InChI=1S/C26H18F3N3O2S/c1-16-5-7-17(8-6-16)11-22-15-31-25(35-22)32-24(33)19(14-30)13-21-9-10-23(34-21)18-3-2-4-20(12-18)26(27,28)29/h2-10,12-13,15H,11H2,1H3,(H,31,32,33). The quantitative estimate of drug-likeness (QED) is 0.235. The van der Waals surface area contributed by atoms with Crippen LogP contribution in [-0.4, -0.2) is 10.9 Å². The molecule has 176 valence electrons. The highest BCUT2D eigenvalue weighted by Gasteiger charge is 2.30. The summed E-state index contributed by atoms with van der Waals surface area (Å²) >= 11 is 1.30. The van der Waals surface area contributed by atoms with Crippen LogP contribution in [0.15, 0.2) is 76.9 Å². The van der Waals surface area contributed by atoms with Gasteiger partial charge in [-0.2, -0.15) is 18.4 Å². The highest BCUT2D eigenvalue weighted by molar-refractivity contribution is 7.15. The summed E-state index contributed by atoms with van der Waals surface area (Å²) in [5, 5.41) is 12.4. The summed E-state index contributed by atoms with van der Waals surface area (Å²) in [6, 6.07) is 17.6.